The van der Waals surface area contributed by atoms with Crippen molar-refractivity contribution in [2.75, 3.05) is 11.2 Å². The van der Waals surface area contributed by atoms with Crippen molar-refractivity contribution in [3.05, 3.63) is 48.0 Å². The van der Waals surface area contributed by atoms with Gasteiger partial charge in [0.25, 0.3) is 0 Å². The summed E-state index contributed by atoms with van der Waals surface area (Å²) in [7, 11) is 0. The van der Waals surface area contributed by atoms with E-state index in [0.717, 1.165) is 16.9 Å². The van der Waals surface area contributed by atoms with E-state index in [4.69, 9.17) is 16.1 Å². The molecule has 9 nitrogen and oxygen atoms in total. The summed E-state index contributed by atoms with van der Waals surface area (Å²) in [4.78, 5) is 20.9. The number of halogens is 1. The third-order valence-corrected chi connectivity index (χ3v) is 2.95. The number of nitrogens with zero attached hydrogens (tertiary/aromatic N) is 4. The molecule has 3 aromatic rings. The van der Waals surface area contributed by atoms with Gasteiger partial charge in [-0.15, -0.1) is 5.10 Å². The Morgan fingerprint density at radius 1 is 1.43 bits per heavy atom. The highest BCUT2D eigenvalue weighted by Crippen LogP contribution is 2.24. The maximum Gasteiger partial charge on any atom is 0.370 e. The molecule has 0 amide bonds. The van der Waals surface area contributed by atoms with E-state index in [1.165, 1.54) is 0 Å². The van der Waals surface area contributed by atoms with Crippen molar-refractivity contribution in [1.29, 1.82) is 5.53 Å². The third kappa shape index (κ3) is 2.64. The molecule has 0 unspecified atom stereocenters. The molecule has 0 atom stereocenters. The molecule has 0 bridgehead atoms. The van der Waals surface area contributed by atoms with Gasteiger partial charge < -0.3 is 10.6 Å². The number of fused-ring (bicyclic) bond motifs is 1. The van der Waals surface area contributed by atoms with Gasteiger partial charge in [-0.25, -0.2) is 29.7 Å². The monoisotopic (exact) mass is 315 g/mol. The zero-order valence-electron chi connectivity index (χ0n) is 11.5. The zero-order valence-corrected chi connectivity index (χ0v) is 11.5. The number of nitrogen functional groups attached to an aromatic ring is 1. The van der Waals surface area contributed by atoms with Crippen molar-refractivity contribution in [3.8, 4) is 0 Å². The second kappa shape index (κ2) is 5.67. The molecule has 0 aliphatic rings. The molecule has 1 aromatic carbocycles. The molecule has 0 radical (unpaired) electrons. The van der Waals surface area contributed by atoms with Gasteiger partial charge in [-0.1, -0.05) is 12.1 Å². The highest BCUT2D eigenvalue weighted by molar-refractivity contribution is 6.01. The van der Waals surface area contributed by atoms with Gasteiger partial charge in [0.2, 0.25) is 0 Å². The topological polar surface area (TPSA) is 131 Å². The van der Waals surface area contributed by atoms with Crippen LogP contribution in [0.25, 0.3) is 5.65 Å². The maximum atomic E-state index is 13.1. The summed E-state index contributed by atoms with van der Waals surface area (Å²) in [6, 6.07) is 6.51. The Hall–Kier alpha value is -3.56. The molecular weight excluding hydrogens is 305 g/mol. The molecule has 0 fully saturated rings. The van der Waals surface area contributed by atoms with Crippen LogP contribution in [-0.4, -0.2) is 20.6 Å². The fourth-order valence-corrected chi connectivity index (χ4v) is 1.93. The standard InChI is InChI=1S/C13H10FN7O2/c14-7-5-17-12-10(11(15)19-21(12)6-7)13(22)23-20-9-4-2-1-3-8(9)18-16/h1-6,16,20H,(H2,15,19). The lowest BCUT2D eigenvalue weighted by Crippen LogP contribution is -2.12. The van der Waals surface area contributed by atoms with E-state index in [2.05, 4.69) is 20.7 Å². The number of rotatable bonds is 4. The highest BCUT2D eigenvalue weighted by atomic mass is 19.1. The van der Waals surface area contributed by atoms with Crippen molar-refractivity contribution in [3.63, 3.8) is 0 Å². The molecule has 3 rings (SSSR count). The summed E-state index contributed by atoms with van der Waals surface area (Å²) in [5.41, 5.74) is 15.7. The Bertz CT molecular complexity index is 908. The number of nitrogens with two attached hydrogens (primary N) is 1. The second-order valence-electron chi connectivity index (χ2n) is 4.42. The molecule has 0 saturated carbocycles. The van der Waals surface area contributed by atoms with Crippen LogP contribution in [0.15, 0.2) is 41.8 Å². The Labute approximate surface area is 128 Å². The Balaban J connectivity index is 1.86. The van der Waals surface area contributed by atoms with Crippen LogP contribution in [0.3, 0.4) is 0 Å². The molecule has 0 aliphatic carbocycles. The van der Waals surface area contributed by atoms with Gasteiger partial charge in [-0.05, 0) is 12.1 Å². The summed E-state index contributed by atoms with van der Waals surface area (Å²) < 4.78 is 14.2. The van der Waals surface area contributed by atoms with Crippen LogP contribution in [-0.2, 0) is 4.84 Å². The molecule has 0 aliphatic heterocycles. The van der Waals surface area contributed by atoms with E-state index < -0.39 is 11.8 Å². The molecule has 0 saturated heterocycles. The van der Waals surface area contributed by atoms with Gasteiger partial charge in [0.1, 0.15) is 5.69 Å². The van der Waals surface area contributed by atoms with Crippen molar-refractivity contribution in [2.24, 2.45) is 5.11 Å². The summed E-state index contributed by atoms with van der Waals surface area (Å²) in [6.45, 7) is 0. The first kappa shape index (κ1) is 14.4. The number of aromatic nitrogens is 3. The molecule has 23 heavy (non-hydrogen) atoms. The Morgan fingerprint density at radius 3 is 3.00 bits per heavy atom. The lowest BCUT2D eigenvalue weighted by molar-refractivity contribution is 0.0600. The third-order valence-electron chi connectivity index (χ3n) is 2.95. The van der Waals surface area contributed by atoms with Crippen LogP contribution in [0.2, 0.25) is 0 Å². The molecular formula is C13H10FN7O2. The van der Waals surface area contributed by atoms with Crippen LogP contribution in [0, 0.1) is 11.3 Å². The van der Waals surface area contributed by atoms with E-state index in [1.807, 2.05) is 0 Å². The van der Waals surface area contributed by atoms with E-state index in [-0.39, 0.29) is 22.7 Å². The normalized spacial score (nSPS) is 10.5. The Kier molecular flexibility index (Phi) is 3.55. The van der Waals surface area contributed by atoms with Crippen LogP contribution >= 0.6 is 0 Å². The molecule has 116 valence electrons. The first-order valence-corrected chi connectivity index (χ1v) is 6.33. The van der Waals surface area contributed by atoms with Gasteiger partial charge in [-0.2, -0.15) is 5.11 Å². The van der Waals surface area contributed by atoms with Crippen molar-refractivity contribution in [2.45, 2.75) is 0 Å². The fourth-order valence-electron chi connectivity index (χ4n) is 1.93. The van der Waals surface area contributed by atoms with Gasteiger partial charge in [-0.3, -0.25) is 0 Å². The maximum absolute atomic E-state index is 13.1. The van der Waals surface area contributed by atoms with Crippen LogP contribution in [0.4, 0.5) is 21.6 Å². The van der Waals surface area contributed by atoms with Crippen LogP contribution < -0.4 is 11.2 Å². The van der Waals surface area contributed by atoms with Crippen LogP contribution in [0.5, 0.6) is 0 Å². The van der Waals surface area contributed by atoms with Crippen molar-refractivity contribution < 1.29 is 14.0 Å². The summed E-state index contributed by atoms with van der Waals surface area (Å²) >= 11 is 0. The first-order chi connectivity index (χ1) is 11.1. The number of para-hydroxylation sites is 2. The SMILES string of the molecule is N=Nc1ccccc1NOC(=O)c1c(N)nn2cc(F)cnc12. The lowest BCUT2D eigenvalue weighted by Gasteiger charge is -2.07. The summed E-state index contributed by atoms with van der Waals surface area (Å²) in [5, 5.41) is 7.09. The van der Waals surface area contributed by atoms with Gasteiger partial charge >= 0.3 is 5.97 Å². The van der Waals surface area contributed by atoms with E-state index in [0.29, 0.717) is 5.69 Å². The van der Waals surface area contributed by atoms with Crippen molar-refractivity contribution >= 4 is 28.8 Å². The minimum atomic E-state index is -0.851. The number of benzene rings is 1. The Morgan fingerprint density at radius 2 is 2.22 bits per heavy atom. The molecule has 4 N–H and O–H groups in total. The quantitative estimate of drug-likeness (QED) is 0.500. The molecule has 2 heterocycles. The van der Waals surface area contributed by atoms with E-state index >= 15 is 0 Å². The predicted octanol–water partition coefficient (Wildman–Crippen LogP) is 2.30. The van der Waals surface area contributed by atoms with E-state index in [9.17, 15) is 9.18 Å². The van der Waals surface area contributed by atoms with Gasteiger partial charge in [0, 0.05) is 0 Å². The smallest absolute Gasteiger partial charge is 0.370 e. The second-order valence-corrected chi connectivity index (χ2v) is 4.42. The molecule has 0 spiro atoms. The summed E-state index contributed by atoms with van der Waals surface area (Å²) in [5.74, 6) is -1.62. The number of carbonyl (C=O) groups excluding carboxylic acids is 1. The fraction of sp³-hybridized carbons (Fsp3) is 0. The predicted molar refractivity (Wildman–Crippen MR) is 77.6 cm³/mol. The zero-order chi connectivity index (χ0) is 16.4. The average molecular weight is 315 g/mol. The number of hydrogen-bond donors (Lipinski definition) is 3. The summed E-state index contributed by atoms with van der Waals surface area (Å²) in [6.07, 6.45) is 1.98. The lowest BCUT2D eigenvalue weighted by atomic mass is 10.3. The molecule has 10 heteroatoms. The minimum Gasteiger partial charge on any atom is -0.381 e. The first-order valence-electron chi connectivity index (χ1n) is 6.33. The molecule has 2 aromatic heterocycles. The van der Waals surface area contributed by atoms with Crippen molar-refractivity contribution in [1.82, 2.24) is 14.6 Å². The number of hydrogen-bond acceptors (Lipinski definition) is 8. The number of carbonyl (C=O) groups is 1. The minimum absolute atomic E-state index is 0.0640. The average Bonchev–Trinajstić information content (AvgIpc) is 2.87. The van der Waals surface area contributed by atoms with Gasteiger partial charge in [0.15, 0.2) is 22.8 Å². The largest absolute Gasteiger partial charge is 0.381 e. The van der Waals surface area contributed by atoms with Crippen LogP contribution in [0.1, 0.15) is 10.4 Å². The van der Waals surface area contributed by atoms with E-state index in [1.54, 1.807) is 24.3 Å². The number of nitrogens with one attached hydrogen (secondary N) is 2. The highest BCUT2D eigenvalue weighted by Gasteiger charge is 2.21. The number of anilines is 2. The van der Waals surface area contributed by atoms with Gasteiger partial charge in [0.05, 0.1) is 18.1 Å².